The van der Waals surface area contributed by atoms with Gasteiger partial charge in [-0.3, -0.25) is 9.69 Å². The van der Waals surface area contributed by atoms with Crippen molar-refractivity contribution < 1.29 is 18.7 Å². The molecule has 0 unspecified atom stereocenters. The summed E-state index contributed by atoms with van der Waals surface area (Å²) < 4.78 is 23.5. The van der Waals surface area contributed by atoms with E-state index in [1.54, 1.807) is 30.3 Å². The Bertz CT molecular complexity index is 1850. The first-order chi connectivity index (χ1) is 22.2. The van der Waals surface area contributed by atoms with Crippen molar-refractivity contribution in [2.45, 2.75) is 76.4 Å². The second kappa shape index (κ2) is 12.3. The SMILES string of the molecule is CCc1ccc(Cl)cc1NC(=O)[C@H]1[C@@H](c2cccc(Cl)c2F)[C@@H]2c3nc4ccc(C(=O)OC)c(C)c4n3CCC[C@@H]2N1CC1CC1. The van der Waals surface area contributed by atoms with Crippen LogP contribution in [0.4, 0.5) is 10.1 Å². The summed E-state index contributed by atoms with van der Waals surface area (Å²) in [7, 11) is 1.38. The third-order valence-electron chi connectivity index (χ3n) is 10.2. The average molecular weight is 664 g/mol. The minimum Gasteiger partial charge on any atom is -0.465 e. The summed E-state index contributed by atoms with van der Waals surface area (Å²) in [6, 6.07) is 13.5. The molecule has 1 N–H and O–H groups in total. The van der Waals surface area contributed by atoms with Gasteiger partial charge in [-0.25, -0.2) is 14.2 Å². The number of nitrogens with one attached hydrogen (secondary N) is 1. The van der Waals surface area contributed by atoms with Gasteiger partial charge >= 0.3 is 5.97 Å². The second-order valence-electron chi connectivity index (χ2n) is 12.9. The zero-order valence-electron chi connectivity index (χ0n) is 26.2. The number of fused-ring (bicyclic) bond motifs is 5. The molecule has 3 aromatic carbocycles. The van der Waals surface area contributed by atoms with Crippen LogP contribution >= 0.6 is 23.2 Å². The standard InChI is InChI=1S/C36H37Cl2FN4O3/c1-4-21-12-13-22(37)17-27(21)41-35(44)33-29(24-7-5-8-25(38)31(24)39)30-28(43(33)18-20-10-11-20)9-6-16-42-32-19(2)23(36(45)46-3)14-15-26(32)40-34(30)42/h5,7-8,12-15,17,20,28-30,33H,4,6,9-11,16,18H2,1-3H3,(H,41,44)/t28-,29-,30+,33+/m0/s1. The van der Waals surface area contributed by atoms with Crippen LogP contribution in [0.25, 0.3) is 11.0 Å². The van der Waals surface area contributed by atoms with E-state index in [4.69, 9.17) is 32.9 Å². The fourth-order valence-electron chi connectivity index (χ4n) is 7.90. The van der Waals surface area contributed by atoms with E-state index in [0.717, 1.165) is 66.6 Å². The van der Waals surface area contributed by atoms with Crippen molar-refractivity contribution >= 4 is 51.8 Å². The molecule has 3 heterocycles. The van der Waals surface area contributed by atoms with E-state index in [-0.39, 0.29) is 22.9 Å². The molecule has 0 spiro atoms. The van der Waals surface area contributed by atoms with Crippen molar-refractivity contribution in [3.05, 3.63) is 92.5 Å². The molecule has 240 valence electrons. The van der Waals surface area contributed by atoms with Crippen molar-refractivity contribution in [2.75, 3.05) is 19.0 Å². The highest BCUT2D eigenvalue weighted by Crippen LogP contribution is 2.53. The first-order valence-corrected chi connectivity index (χ1v) is 16.8. The highest BCUT2D eigenvalue weighted by atomic mass is 35.5. The Kier molecular flexibility index (Phi) is 8.32. The number of ether oxygens (including phenoxy) is 1. The van der Waals surface area contributed by atoms with Crippen LogP contribution in [0, 0.1) is 18.7 Å². The van der Waals surface area contributed by atoms with E-state index in [9.17, 15) is 9.59 Å². The Labute approximate surface area is 278 Å². The van der Waals surface area contributed by atoms with Crippen molar-refractivity contribution in [1.82, 2.24) is 14.5 Å². The van der Waals surface area contributed by atoms with Gasteiger partial charge in [-0.2, -0.15) is 0 Å². The Balaban J connectivity index is 1.43. The number of imidazole rings is 1. The molecule has 1 aliphatic carbocycles. The molecule has 1 aromatic heterocycles. The Morgan fingerprint density at radius 3 is 2.63 bits per heavy atom. The average Bonchev–Trinajstić information content (AvgIpc) is 3.75. The second-order valence-corrected chi connectivity index (χ2v) is 13.7. The summed E-state index contributed by atoms with van der Waals surface area (Å²) >= 11 is 12.8. The molecule has 2 aliphatic heterocycles. The largest absolute Gasteiger partial charge is 0.465 e. The number of nitrogens with zero attached hydrogens (tertiary/aromatic N) is 3. The number of methoxy groups -OCH3 is 1. The molecule has 1 saturated carbocycles. The van der Waals surface area contributed by atoms with Crippen LogP contribution < -0.4 is 5.32 Å². The molecule has 1 amide bonds. The fraction of sp³-hybridized carbons (Fsp3) is 0.417. The van der Waals surface area contributed by atoms with E-state index in [0.29, 0.717) is 34.3 Å². The number of hydrogen-bond donors (Lipinski definition) is 1. The first kappa shape index (κ1) is 31.2. The molecule has 3 aliphatic rings. The lowest BCUT2D eigenvalue weighted by Gasteiger charge is -2.31. The number of benzene rings is 3. The molecule has 10 heteroatoms. The molecule has 4 atom stereocenters. The topological polar surface area (TPSA) is 76.5 Å². The molecule has 1 saturated heterocycles. The summed E-state index contributed by atoms with van der Waals surface area (Å²) in [5.74, 6) is -0.678. The summed E-state index contributed by atoms with van der Waals surface area (Å²) in [5, 5.41) is 3.77. The molecule has 7 nitrogen and oxygen atoms in total. The monoisotopic (exact) mass is 662 g/mol. The van der Waals surface area contributed by atoms with Gasteiger partial charge in [0.2, 0.25) is 5.91 Å². The maximum absolute atomic E-state index is 16.2. The summed E-state index contributed by atoms with van der Waals surface area (Å²) in [6.07, 6.45) is 4.60. The quantitative estimate of drug-likeness (QED) is 0.204. The van der Waals surface area contributed by atoms with Gasteiger partial charge in [0.25, 0.3) is 0 Å². The maximum atomic E-state index is 16.2. The molecule has 4 aromatic rings. The van der Waals surface area contributed by atoms with Crippen LogP contribution in [0.5, 0.6) is 0 Å². The van der Waals surface area contributed by atoms with E-state index >= 15 is 4.39 Å². The molecular weight excluding hydrogens is 626 g/mol. The van der Waals surface area contributed by atoms with Crippen LogP contribution in [0.1, 0.15) is 77.3 Å². The summed E-state index contributed by atoms with van der Waals surface area (Å²) in [5.41, 5.74) is 4.97. The van der Waals surface area contributed by atoms with Crippen LogP contribution in [0.3, 0.4) is 0 Å². The first-order valence-electron chi connectivity index (χ1n) is 16.1. The van der Waals surface area contributed by atoms with Crippen molar-refractivity contribution in [3.8, 4) is 0 Å². The predicted molar refractivity (Wildman–Crippen MR) is 178 cm³/mol. The summed E-state index contributed by atoms with van der Waals surface area (Å²) in [4.78, 5) is 34.9. The van der Waals surface area contributed by atoms with Gasteiger partial charge in [0.15, 0.2) is 0 Å². The van der Waals surface area contributed by atoms with Gasteiger partial charge in [-0.1, -0.05) is 48.3 Å². The number of amides is 1. The highest BCUT2D eigenvalue weighted by molar-refractivity contribution is 6.31. The van der Waals surface area contributed by atoms with Crippen molar-refractivity contribution in [2.24, 2.45) is 5.92 Å². The van der Waals surface area contributed by atoms with Crippen molar-refractivity contribution in [1.29, 1.82) is 0 Å². The van der Waals surface area contributed by atoms with Crippen molar-refractivity contribution in [3.63, 3.8) is 0 Å². The molecule has 46 heavy (non-hydrogen) atoms. The Morgan fingerprint density at radius 2 is 1.89 bits per heavy atom. The highest BCUT2D eigenvalue weighted by Gasteiger charge is 2.56. The van der Waals surface area contributed by atoms with E-state index < -0.39 is 23.7 Å². The predicted octanol–water partition coefficient (Wildman–Crippen LogP) is 7.90. The number of hydrogen-bond acceptors (Lipinski definition) is 5. The Hall–Kier alpha value is -3.46. The molecule has 0 radical (unpaired) electrons. The number of esters is 1. The molecular formula is C36H37Cl2FN4O3. The number of aromatic nitrogens is 2. The smallest absolute Gasteiger partial charge is 0.338 e. The number of carbonyl (C=O) groups excluding carboxylic acids is 2. The van der Waals surface area contributed by atoms with Gasteiger partial charge < -0.3 is 14.6 Å². The van der Waals surface area contributed by atoms with E-state index in [1.807, 2.05) is 32.0 Å². The van der Waals surface area contributed by atoms with Gasteiger partial charge in [0.05, 0.1) is 34.8 Å². The number of aryl methyl sites for hydroxylation is 3. The minimum atomic E-state index is -0.676. The summed E-state index contributed by atoms with van der Waals surface area (Å²) in [6.45, 7) is 5.40. The lowest BCUT2D eigenvalue weighted by Crippen LogP contribution is -2.46. The van der Waals surface area contributed by atoms with Crippen LogP contribution in [-0.4, -0.2) is 52.1 Å². The minimum absolute atomic E-state index is 0.0256. The van der Waals surface area contributed by atoms with Crippen LogP contribution in [0.2, 0.25) is 10.0 Å². The fourth-order valence-corrected chi connectivity index (χ4v) is 8.25. The van der Waals surface area contributed by atoms with Gasteiger partial charge in [0.1, 0.15) is 11.6 Å². The van der Waals surface area contributed by atoms with E-state index in [1.165, 1.54) is 7.11 Å². The molecule has 7 rings (SSSR count). The third-order valence-corrected chi connectivity index (χ3v) is 10.7. The zero-order chi connectivity index (χ0) is 32.3. The number of rotatable bonds is 7. The number of halogens is 3. The lowest BCUT2D eigenvalue weighted by atomic mass is 9.80. The van der Waals surface area contributed by atoms with E-state index in [2.05, 4.69) is 14.8 Å². The van der Waals surface area contributed by atoms with Crippen LogP contribution in [-0.2, 0) is 22.5 Å². The third kappa shape index (κ3) is 5.28. The molecule has 2 fully saturated rings. The Morgan fingerprint density at radius 1 is 1.09 bits per heavy atom. The van der Waals surface area contributed by atoms with Gasteiger partial charge in [0, 0.05) is 41.7 Å². The normalized spacial score (nSPS) is 22.7. The van der Waals surface area contributed by atoms with Crippen LogP contribution in [0.15, 0.2) is 48.5 Å². The zero-order valence-corrected chi connectivity index (χ0v) is 27.7. The lowest BCUT2D eigenvalue weighted by molar-refractivity contribution is -0.121. The number of carbonyl (C=O) groups is 2. The molecule has 0 bridgehead atoms. The number of anilines is 1. The maximum Gasteiger partial charge on any atom is 0.338 e. The van der Waals surface area contributed by atoms with Gasteiger partial charge in [-0.05, 0) is 92.0 Å². The van der Waals surface area contributed by atoms with Gasteiger partial charge in [-0.15, -0.1) is 0 Å². The number of likely N-dealkylation sites (tertiary alicyclic amines) is 1.